The van der Waals surface area contributed by atoms with Gasteiger partial charge in [0.25, 0.3) is 0 Å². The molecule has 0 heterocycles. The lowest BCUT2D eigenvalue weighted by Gasteiger charge is -2.22. The zero-order chi connectivity index (χ0) is 19.5. The molecule has 27 heavy (non-hydrogen) atoms. The van der Waals surface area contributed by atoms with Crippen molar-refractivity contribution >= 4 is 11.8 Å². The third-order valence-corrected chi connectivity index (χ3v) is 4.41. The van der Waals surface area contributed by atoms with Gasteiger partial charge >= 0.3 is 0 Å². The largest absolute Gasteiger partial charge is 0.354 e. The number of likely N-dealkylation sites (N-methyl/N-ethyl adjacent to an activating group) is 1. The van der Waals surface area contributed by atoms with Crippen molar-refractivity contribution in [2.45, 2.75) is 38.3 Å². The Labute approximate surface area is 161 Å². The molecule has 0 aliphatic rings. The van der Waals surface area contributed by atoms with Crippen LogP contribution in [0.5, 0.6) is 0 Å². The van der Waals surface area contributed by atoms with Crippen molar-refractivity contribution in [1.82, 2.24) is 16.0 Å². The second-order valence-corrected chi connectivity index (χ2v) is 6.57. The zero-order valence-corrected chi connectivity index (χ0v) is 16.1. The molecule has 2 atom stereocenters. The summed E-state index contributed by atoms with van der Waals surface area (Å²) in [7, 11) is 1.76. The molecular formula is C22H29N3O2. The minimum atomic E-state index is -0.599. The fourth-order valence-corrected chi connectivity index (χ4v) is 2.88. The number of hydrogen-bond acceptors (Lipinski definition) is 3. The standard InChI is InChI=1S/C22H29N3O2/c1-3-14-24-21(26)20(16-18-12-8-5-9-13-18)25-22(27)19(23-2)15-17-10-6-4-7-11-17/h4-13,19-20,23H,3,14-16H2,1-2H3,(H,24,26)(H,25,27)/t19-,20?/m0/s1. The lowest BCUT2D eigenvalue weighted by atomic mass is 10.0. The monoisotopic (exact) mass is 367 g/mol. The first kappa shape index (κ1) is 20.6. The maximum Gasteiger partial charge on any atom is 0.242 e. The van der Waals surface area contributed by atoms with E-state index in [0.717, 1.165) is 17.5 Å². The number of carbonyl (C=O) groups excluding carboxylic acids is 2. The Morgan fingerprint density at radius 1 is 0.815 bits per heavy atom. The summed E-state index contributed by atoms with van der Waals surface area (Å²) >= 11 is 0. The van der Waals surface area contributed by atoms with Crippen molar-refractivity contribution in [3.63, 3.8) is 0 Å². The Morgan fingerprint density at radius 3 is 1.81 bits per heavy atom. The van der Waals surface area contributed by atoms with Crippen LogP contribution in [0.1, 0.15) is 24.5 Å². The molecule has 2 aromatic rings. The quantitative estimate of drug-likeness (QED) is 0.602. The van der Waals surface area contributed by atoms with Crippen molar-refractivity contribution < 1.29 is 9.59 Å². The van der Waals surface area contributed by atoms with Gasteiger partial charge in [0.1, 0.15) is 6.04 Å². The molecule has 0 spiro atoms. The lowest BCUT2D eigenvalue weighted by Crippen LogP contribution is -2.53. The molecule has 2 rings (SSSR count). The maximum absolute atomic E-state index is 12.8. The highest BCUT2D eigenvalue weighted by atomic mass is 16.2. The smallest absolute Gasteiger partial charge is 0.242 e. The first-order chi connectivity index (χ1) is 13.1. The number of amides is 2. The number of hydrogen-bond donors (Lipinski definition) is 3. The van der Waals surface area contributed by atoms with Crippen LogP contribution in [-0.2, 0) is 22.4 Å². The Morgan fingerprint density at radius 2 is 1.33 bits per heavy atom. The lowest BCUT2D eigenvalue weighted by molar-refractivity contribution is -0.130. The topological polar surface area (TPSA) is 70.2 Å². The van der Waals surface area contributed by atoms with Gasteiger partial charge in [0.05, 0.1) is 6.04 Å². The second kappa shape index (κ2) is 11.1. The summed E-state index contributed by atoms with van der Waals surface area (Å²) in [5, 5.41) is 8.88. The SMILES string of the molecule is CCCNC(=O)C(Cc1ccccc1)NC(=O)[C@H](Cc1ccccc1)NC. The Bertz CT molecular complexity index is 704. The Hall–Kier alpha value is -2.66. The molecule has 0 fully saturated rings. The number of carbonyl (C=O) groups is 2. The van der Waals surface area contributed by atoms with Crippen LogP contribution in [-0.4, -0.2) is 37.5 Å². The van der Waals surface area contributed by atoms with E-state index in [-0.39, 0.29) is 11.8 Å². The van der Waals surface area contributed by atoms with Gasteiger partial charge in [-0.1, -0.05) is 67.6 Å². The third-order valence-electron chi connectivity index (χ3n) is 4.41. The molecule has 0 bridgehead atoms. The molecule has 5 nitrogen and oxygen atoms in total. The van der Waals surface area contributed by atoms with Gasteiger partial charge in [-0.15, -0.1) is 0 Å². The summed E-state index contributed by atoms with van der Waals surface area (Å²) in [6.45, 7) is 2.60. The normalized spacial score (nSPS) is 12.8. The molecule has 0 aromatic heterocycles. The molecule has 1 unspecified atom stereocenters. The average molecular weight is 367 g/mol. The summed E-state index contributed by atoms with van der Waals surface area (Å²) in [6, 6.07) is 18.6. The second-order valence-electron chi connectivity index (χ2n) is 6.57. The van der Waals surface area contributed by atoms with E-state index in [9.17, 15) is 9.59 Å². The van der Waals surface area contributed by atoms with E-state index < -0.39 is 12.1 Å². The van der Waals surface area contributed by atoms with E-state index in [0.29, 0.717) is 19.4 Å². The van der Waals surface area contributed by atoms with E-state index in [1.807, 2.05) is 67.6 Å². The predicted molar refractivity (Wildman–Crippen MR) is 108 cm³/mol. The van der Waals surface area contributed by atoms with Crippen LogP contribution in [0.4, 0.5) is 0 Å². The van der Waals surface area contributed by atoms with Gasteiger partial charge in [-0.05, 0) is 31.0 Å². The molecule has 0 radical (unpaired) electrons. The summed E-state index contributed by atoms with van der Waals surface area (Å²) in [5.41, 5.74) is 2.08. The fourth-order valence-electron chi connectivity index (χ4n) is 2.88. The predicted octanol–water partition coefficient (Wildman–Crippen LogP) is 2.07. The summed E-state index contributed by atoms with van der Waals surface area (Å²) in [5.74, 6) is -0.322. The van der Waals surface area contributed by atoms with Crippen molar-refractivity contribution in [1.29, 1.82) is 0 Å². The van der Waals surface area contributed by atoms with Gasteiger partial charge in [-0.3, -0.25) is 9.59 Å². The number of nitrogens with one attached hydrogen (secondary N) is 3. The summed E-state index contributed by atoms with van der Waals surface area (Å²) in [6.07, 6.45) is 1.88. The van der Waals surface area contributed by atoms with E-state index in [1.165, 1.54) is 0 Å². The van der Waals surface area contributed by atoms with Crippen molar-refractivity contribution in [2.24, 2.45) is 0 Å². The Kier molecular flexibility index (Phi) is 8.52. The molecule has 2 amide bonds. The summed E-state index contributed by atoms with van der Waals surface area (Å²) in [4.78, 5) is 25.4. The van der Waals surface area contributed by atoms with Crippen molar-refractivity contribution in [3.05, 3.63) is 71.8 Å². The van der Waals surface area contributed by atoms with Gasteiger partial charge in [0.2, 0.25) is 11.8 Å². The fraction of sp³-hybridized carbons (Fsp3) is 0.364. The van der Waals surface area contributed by atoms with Crippen LogP contribution in [0.3, 0.4) is 0 Å². The van der Waals surface area contributed by atoms with Gasteiger partial charge in [0.15, 0.2) is 0 Å². The molecule has 5 heteroatoms. The number of rotatable bonds is 10. The molecule has 2 aromatic carbocycles. The molecule has 0 aliphatic heterocycles. The molecule has 0 saturated heterocycles. The minimum Gasteiger partial charge on any atom is -0.354 e. The van der Waals surface area contributed by atoms with E-state index in [1.54, 1.807) is 7.05 Å². The highest BCUT2D eigenvalue weighted by Gasteiger charge is 2.25. The van der Waals surface area contributed by atoms with E-state index in [4.69, 9.17) is 0 Å². The molecule has 144 valence electrons. The number of benzene rings is 2. The first-order valence-corrected chi connectivity index (χ1v) is 9.47. The molecule has 0 saturated carbocycles. The highest BCUT2D eigenvalue weighted by Crippen LogP contribution is 2.06. The van der Waals surface area contributed by atoms with Gasteiger partial charge in [0, 0.05) is 13.0 Å². The van der Waals surface area contributed by atoms with Crippen LogP contribution in [0.2, 0.25) is 0 Å². The third kappa shape index (κ3) is 6.87. The van der Waals surface area contributed by atoms with Gasteiger partial charge in [-0.25, -0.2) is 0 Å². The zero-order valence-electron chi connectivity index (χ0n) is 16.1. The van der Waals surface area contributed by atoms with Crippen molar-refractivity contribution in [3.8, 4) is 0 Å². The van der Waals surface area contributed by atoms with Gasteiger partial charge < -0.3 is 16.0 Å². The molecule has 0 aliphatic carbocycles. The first-order valence-electron chi connectivity index (χ1n) is 9.47. The average Bonchev–Trinajstić information content (AvgIpc) is 2.71. The van der Waals surface area contributed by atoms with Crippen LogP contribution in [0.15, 0.2) is 60.7 Å². The van der Waals surface area contributed by atoms with E-state index in [2.05, 4.69) is 16.0 Å². The van der Waals surface area contributed by atoms with Crippen LogP contribution < -0.4 is 16.0 Å². The molecular weight excluding hydrogens is 338 g/mol. The summed E-state index contributed by atoms with van der Waals surface area (Å²) < 4.78 is 0. The van der Waals surface area contributed by atoms with Crippen LogP contribution in [0, 0.1) is 0 Å². The minimum absolute atomic E-state index is 0.149. The molecule has 3 N–H and O–H groups in total. The highest BCUT2D eigenvalue weighted by molar-refractivity contribution is 5.90. The van der Waals surface area contributed by atoms with Crippen LogP contribution in [0.25, 0.3) is 0 Å². The van der Waals surface area contributed by atoms with Crippen molar-refractivity contribution in [2.75, 3.05) is 13.6 Å². The Balaban J connectivity index is 2.06. The maximum atomic E-state index is 12.8. The van der Waals surface area contributed by atoms with Crippen LogP contribution >= 0.6 is 0 Å². The van der Waals surface area contributed by atoms with E-state index >= 15 is 0 Å². The van der Waals surface area contributed by atoms with Gasteiger partial charge in [-0.2, -0.15) is 0 Å².